The Morgan fingerprint density at radius 3 is 2.36 bits per heavy atom. The number of anilines is 1. The van der Waals surface area contributed by atoms with E-state index in [-0.39, 0.29) is 30.2 Å². The molecule has 1 aliphatic heterocycles. The van der Waals surface area contributed by atoms with Crippen molar-refractivity contribution in [2.75, 3.05) is 38.0 Å². The van der Waals surface area contributed by atoms with Gasteiger partial charge < -0.3 is 20.9 Å². The fourth-order valence-corrected chi connectivity index (χ4v) is 2.96. The molecule has 1 aromatic rings. The van der Waals surface area contributed by atoms with Crippen molar-refractivity contribution in [2.45, 2.75) is 19.8 Å². The van der Waals surface area contributed by atoms with Crippen molar-refractivity contribution in [1.82, 2.24) is 10.6 Å². The molecule has 3 amide bonds. The molecule has 1 aromatic carbocycles. The summed E-state index contributed by atoms with van der Waals surface area (Å²) in [6, 6.07) is 9.44. The molecule has 2 rings (SSSR count). The van der Waals surface area contributed by atoms with Crippen molar-refractivity contribution in [1.29, 1.82) is 0 Å². The molecule has 0 saturated carbocycles. The molecule has 1 aliphatic rings. The summed E-state index contributed by atoms with van der Waals surface area (Å²) in [4.78, 5) is 36.7. The van der Waals surface area contributed by atoms with E-state index in [4.69, 9.17) is 0 Å². The summed E-state index contributed by atoms with van der Waals surface area (Å²) < 4.78 is 0. The van der Waals surface area contributed by atoms with Crippen molar-refractivity contribution in [3.05, 3.63) is 30.3 Å². The van der Waals surface area contributed by atoms with Gasteiger partial charge in [0.2, 0.25) is 11.8 Å². The minimum absolute atomic E-state index is 0.0117. The maximum atomic E-state index is 12.3. The second kappa shape index (κ2) is 9.78. The smallest absolute Gasteiger partial charge is 0.275 e. The first kappa shape index (κ1) is 18.9. The minimum Gasteiger partial charge on any atom is -0.355 e. The van der Waals surface area contributed by atoms with E-state index < -0.39 is 0 Å². The highest BCUT2D eigenvalue weighted by Crippen LogP contribution is 2.13. The summed E-state index contributed by atoms with van der Waals surface area (Å²) in [5.41, 5.74) is 0.812. The number of benzene rings is 1. The lowest BCUT2D eigenvalue weighted by Gasteiger charge is -2.28. The fraction of sp³-hybridized carbons (Fsp3) is 0.500. The molecular weight excluding hydrogens is 320 g/mol. The van der Waals surface area contributed by atoms with E-state index in [0.29, 0.717) is 13.1 Å². The number of rotatable bonds is 7. The Labute approximate surface area is 148 Å². The topological polar surface area (TPSA) is 91.7 Å². The average molecular weight is 347 g/mol. The molecule has 0 spiro atoms. The number of carbonyl (C=O) groups is 3. The van der Waals surface area contributed by atoms with E-state index in [1.54, 1.807) is 0 Å². The van der Waals surface area contributed by atoms with E-state index in [0.717, 1.165) is 36.5 Å². The van der Waals surface area contributed by atoms with Crippen molar-refractivity contribution < 1.29 is 19.3 Å². The third-order valence-corrected chi connectivity index (χ3v) is 4.34. The van der Waals surface area contributed by atoms with Crippen LogP contribution in [0.1, 0.15) is 19.8 Å². The first-order valence-corrected chi connectivity index (χ1v) is 8.81. The lowest BCUT2D eigenvalue weighted by atomic mass is 9.96. The van der Waals surface area contributed by atoms with E-state index in [2.05, 4.69) is 16.0 Å². The van der Waals surface area contributed by atoms with Crippen LogP contribution in [-0.2, 0) is 14.4 Å². The molecule has 0 radical (unpaired) electrons. The second-order valence-corrected chi connectivity index (χ2v) is 6.29. The molecule has 7 heteroatoms. The van der Waals surface area contributed by atoms with Crippen LogP contribution in [0.15, 0.2) is 30.3 Å². The van der Waals surface area contributed by atoms with Gasteiger partial charge in [0.1, 0.15) is 0 Å². The predicted molar refractivity (Wildman–Crippen MR) is 95.1 cm³/mol. The maximum Gasteiger partial charge on any atom is 0.275 e. The lowest BCUT2D eigenvalue weighted by molar-refractivity contribution is -0.897. The number of likely N-dealkylation sites (N-methyl/N-ethyl adjacent to an activating group) is 1. The monoisotopic (exact) mass is 347 g/mol. The van der Waals surface area contributed by atoms with Crippen molar-refractivity contribution >= 4 is 23.4 Å². The summed E-state index contributed by atoms with van der Waals surface area (Å²) in [6.07, 6.45) is 1.52. The number of hydrogen-bond acceptors (Lipinski definition) is 3. The maximum absolute atomic E-state index is 12.3. The summed E-state index contributed by atoms with van der Waals surface area (Å²) in [7, 11) is 0. The van der Waals surface area contributed by atoms with Crippen LogP contribution in [0, 0.1) is 5.92 Å². The normalized spacial score (nSPS) is 19.7. The fourth-order valence-electron chi connectivity index (χ4n) is 2.96. The average Bonchev–Trinajstić information content (AvgIpc) is 2.62. The van der Waals surface area contributed by atoms with Crippen LogP contribution in [0.4, 0.5) is 5.69 Å². The zero-order valence-electron chi connectivity index (χ0n) is 14.6. The summed E-state index contributed by atoms with van der Waals surface area (Å²) in [5.74, 6) is -0.274. The summed E-state index contributed by atoms with van der Waals surface area (Å²) >= 11 is 0. The van der Waals surface area contributed by atoms with E-state index in [1.807, 2.05) is 37.3 Å². The molecular formula is C18H27N4O3+. The number of likely N-dealkylation sites (tertiary alicyclic amines) is 1. The number of amides is 3. The van der Waals surface area contributed by atoms with Gasteiger partial charge in [-0.1, -0.05) is 18.2 Å². The van der Waals surface area contributed by atoms with Crippen molar-refractivity contribution in [3.63, 3.8) is 0 Å². The third-order valence-electron chi connectivity index (χ3n) is 4.34. The van der Waals surface area contributed by atoms with Gasteiger partial charge in [-0.25, -0.2) is 0 Å². The minimum atomic E-state index is -0.179. The number of piperidine rings is 1. The van der Waals surface area contributed by atoms with Gasteiger partial charge in [0.05, 0.1) is 19.6 Å². The Morgan fingerprint density at radius 1 is 1.04 bits per heavy atom. The second-order valence-electron chi connectivity index (χ2n) is 6.29. The highest BCUT2D eigenvalue weighted by molar-refractivity contribution is 5.92. The van der Waals surface area contributed by atoms with Gasteiger partial charge in [-0.05, 0) is 19.1 Å². The van der Waals surface area contributed by atoms with Gasteiger partial charge in [-0.3, -0.25) is 14.4 Å². The van der Waals surface area contributed by atoms with Crippen LogP contribution in [0.3, 0.4) is 0 Å². The zero-order chi connectivity index (χ0) is 18.1. The molecule has 1 fully saturated rings. The Hall–Kier alpha value is -2.41. The lowest BCUT2D eigenvalue weighted by Crippen LogP contribution is -3.14. The molecule has 1 heterocycles. The molecule has 136 valence electrons. The van der Waals surface area contributed by atoms with Crippen LogP contribution in [0.5, 0.6) is 0 Å². The van der Waals surface area contributed by atoms with Crippen LogP contribution in [-0.4, -0.2) is 50.4 Å². The van der Waals surface area contributed by atoms with Gasteiger partial charge in [0.25, 0.3) is 5.91 Å². The number of quaternary nitrogens is 1. The molecule has 0 atom stereocenters. The van der Waals surface area contributed by atoms with Gasteiger partial charge in [-0.2, -0.15) is 0 Å². The van der Waals surface area contributed by atoms with Crippen LogP contribution in [0.25, 0.3) is 0 Å². The Balaban J connectivity index is 1.68. The van der Waals surface area contributed by atoms with Crippen LogP contribution >= 0.6 is 0 Å². The van der Waals surface area contributed by atoms with Crippen molar-refractivity contribution in [2.24, 2.45) is 5.92 Å². The Morgan fingerprint density at radius 2 is 1.72 bits per heavy atom. The quantitative estimate of drug-likeness (QED) is 0.519. The van der Waals surface area contributed by atoms with Gasteiger partial charge in [0.15, 0.2) is 6.54 Å². The first-order chi connectivity index (χ1) is 12.1. The van der Waals surface area contributed by atoms with Crippen molar-refractivity contribution in [3.8, 4) is 0 Å². The molecule has 0 bridgehead atoms. The molecule has 7 nitrogen and oxygen atoms in total. The molecule has 1 saturated heterocycles. The Bertz CT molecular complexity index is 583. The molecule has 0 unspecified atom stereocenters. The van der Waals surface area contributed by atoms with Crippen LogP contribution in [0.2, 0.25) is 0 Å². The number of nitrogens with one attached hydrogen (secondary N) is 4. The highest BCUT2D eigenvalue weighted by atomic mass is 16.2. The molecule has 0 aromatic heterocycles. The molecule has 25 heavy (non-hydrogen) atoms. The highest BCUT2D eigenvalue weighted by Gasteiger charge is 2.28. The van der Waals surface area contributed by atoms with Crippen LogP contribution < -0.4 is 20.9 Å². The molecule has 0 aliphatic carbocycles. The summed E-state index contributed by atoms with van der Waals surface area (Å²) in [5, 5.41) is 8.21. The molecule has 4 N–H and O–H groups in total. The summed E-state index contributed by atoms with van der Waals surface area (Å²) in [6.45, 7) is 4.30. The van der Waals surface area contributed by atoms with E-state index in [9.17, 15) is 14.4 Å². The standard InChI is InChI=1S/C18H26N4O3/c1-2-19-16(23)12-20-17(24)13-22-10-8-14(9-11-22)18(25)21-15-6-4-3-5-7-15/h3-7,14H,2,8-13H2,1H3,(H,19,23)(H,20,24)(H,21,25)/p+1. The van der Waals surface area contributed by atoms with E-state index in [1.165, 1.54) is 0 Å². The number of hydrogen-bond donors (Lipinski definition) is 4. The number of carbonyl (C=O) groups excluding carboxylic acids is 3. The SMILES string of the molecule is CCNC(=O)CNC(=O)C[NH+]1CCC(C(=O)Nc2ccccc2)CC1. The van der Waals surface area contributed by atoms with Gasteiger partial charge in [0, 0.05) is 31.0 Å². The third kappa shape index (κ3) is 6.54. The Kier molecular flexibility index (Phi) is 7.40. The number of para-hydroxylation sites is 1. The predicted octanol–water partition coefficient (Wildman–Crippen LogP) is -0.828. The van der Waals surface area contributed by atoms with Gasteiger partial charge >= 0.3 is 0 Å². The zero-order valence-corrected chi connectivity index (χ0v) is 14.6. The van der Waals surface area contributed by atoms with E-state index >= 15 is 0 Å². The largest absolute Gasteiger partial charge is 0.355 e. The first-order valence-electron chi connectivity index (χ1n) is 8.81. The van der Waals surface area contributed by atoms with Gasteiger partial charge in [-0.15, -0.1) is 0 Å².